The normalized spacial score (nSPS) is 12.1. The number of hydrogen-bond donors (Lipinski definition) is 2. The Bertz CT molecular complexity index is 402. The van der Waals surface area contributed by atoms with Gasteiger partial charge in [0.05, 0.1) is 6.54 Å². The zero-order valence-electron chi connectivity index (χ0n) is 10.8. The lowest BCUT2D eigenvalue weighted by Gasteiger charge is -2.20. The fraction of sp³-hybridized carbons (Fsp3) is 0.462. The zero-order valence-corrected chi connectivity index (χ0v) is 10.8. The third-order valence-electron chi connectivity index (χ3n) is 2.94. The van der Waals surface area contributed by atoms with E-state index in [9.17, 15) is 0 Å². The van der Waals surface area contributed by atoms with Crippen molar-refractivity contribution in [2.24, 2.45) is 10.9 Å². The molecule has 0 radical (unpaired) electrons. The van der Waals surface area contributed by atoms with Crippen LogP contribution in [0.15, 0.2) is 23.4 Å². The van der Waals surface area contributed by atoms with Crippen LogP contribution in [-0.4, -0.2) is 29.0 Å². The molecule has 3 N–H and O–H groups in total. The molecule has 0 unspecified atom stereocenters. The molecule has 0 aliphatic carbocycles. The molecule has 0 atom stereocenters. The van der Waals surface area contributed by atoms with Gasteiger partial charge in [-0.15, -0.1) is 0 Å². The van der Waals surface area contributed by atoms with E-state index in [2.05, 4.69) is 49.0 Å². The van der Waals surface area contributed by atoms with E-state index in [1.807, 2.05) is 0 Å². The Labute approximate surface area is 103 Å². The molecule has 0 spiro atoms. The summed E-state index contributed by atoms with van der Waals surface area (Å²) in [5.41, 5.74) is 9.36. The predicted molar refractivity (Wildman–Crippen MR) is 70.3 cm³/mol. The van der Waals surface area contributed by atoms with E-state index in [0.29, 0.717) is 6.54 Å². The number of hydrogen-bond acceptors (Lipinski definition) is 3. The number of oxime groups is 1. The Morgan fingerprint density at radius 1 is 1.35 bits per heavy atom. The maximum Gasteiger partial charge on any atom is 0.153 e. The first-order valence-electron chi connectivity index (χ1n) is 5.81. The highest BCUT2D eigenvalue weighted by Gasteiger charge is 2.06. The number of aryl methyl sites for hydroxylation is 2. The van der Waals surface area contributed by atoms with Crippen LogP contribution in [-0.2, 0) is 6.54 Å². The van der Waals surface area contributed by atoms with Crippen LogP contribution in [0.2, 0.25) is 0 Å². The van der Waals surface area contributed by atoms with Gasteiger partial charge in [-0.3, -0.25) is 4.90 Å². The highest BCUT2D eigenvalue weighted by Crippen LogP contribution is 2.11. The smallest absolute Gasteiger partial charge is 0.153 e. The van der Waals surface area contributed by atoms with E-state index in [1.54, 1.807) is 0 Å². The molecule has 0 saturated carbocycles. The van der Waals surface area contributed by atoms with Crippen molar-refractivity contribution in [2.45, 2.75) is 27.3 Å². The first-order valence-corrected chi connectivity index (χ1v) is 5.81. The van der Waals surface area contributed by atoms with Crippen molar-refractivity contribution in [1.29, 1.82) is 0 Å². The standard InChI is InChI=1S/C13H21N3O/c1-4-16(9-13(14)15-17)8-12-6-5-10(2)11(3)7-12/h5-7,17H,4,8-9H2,1-3H3,(H2,14,15). The molecule has 94 valence electrons. The van der Waals surface area contributed by atoms with Gasteiger partial charge in [0.2, 0.25) is 0 Å². The summed E-state index contributed by atoms with van der Waals surface area (Å²) in [6.07, 6.45) is 0. The van der Waals surface area contributed by atoms with Crippen LogP contribution in [0.4, 0.5) is 0 Å². The van der Waals surface area contributed by atoms with Crippen LogP contribution in [0.5, 0.6) is 0 Å². The number of amidine groups is 1. The molecular formula is C13H21N3O. The van der Waals surface area contributed by atoms with Crippen LogP contribution < -0.4 is 5.73 Å². The van der Waals surface area contributed by atoms with Crippen molar-refractivity contribution in [3.8, 4) is 0 Å². The van der Waals surface area contributed by atoms with Crippen molar-refractivity contribution in [1.82, 2.24) is 4.90 Å². The minimum atomic E-state index is 0.246. The van der Waals surface area contributed by atoms with E-state index in [1.165, 1.54) is 16.7 Å². The Kier molecular flexibility index (Phi) is 4.97. The van der Waals surface area contributed by atoms with Crippen molar-refractivity contribution in [3.63, 3.8) is 0 Å². The molecule has 1 aromatic rings. The van der Waals surface area contributed by atoms with Crippen LogP contribution in [0.25, 0.3) is 0 Å². The van der Waals surface area contributed by atoms with Gasteiger partial charge in [-0.05, 0) is 37.1 Å². The second-order valence-corrected chi connectivity index (χ2v) is 4.31. The largest absolute Gasteiger partial charge is 0.409 e. The van der Waals surface area contributed by atoms with Gasteiger partial charge in [0.25, 0.3) is 0 Å². The van der Waals surface area contributed by atoms with Gasteiger partial charge in [0.15, 0.2) is 5.84 Å². The third kappa shape index (κ3) is 4.07. The molecule has 0 aromatic heterocycles. The average Bonchev–Trinajstić information content (AvgIpc) is 2.32. The molecule has 0 heterocycles. The van der Waals surface area contributed by atoms with Gasteiger partial charge >= 0.3 is 0 Å². The lowest BCUT2D eigenvalue weighted by atomic mass is 10.1. The van der Waals surface area contributed by atoms with Crippen molar-refractivity contribution in [2.75, 3.05) is 13.1 Å². The van der Waals surface area contributed by atoms with E-state index in [0.717, 1.165) is 13.1 Å². The van der Waals surface area contributed by atoms with Crippen molar-refractivity contribution in [3.05, 3.63) is 34.9 Å². The fourth-order valence-corrected chi connectivity index (χ4v) is 1.70. The van der Waals surface area contributed by atoms with E-state index in [-0.39, 0.29) is 5.84 Å². The highest BCUT2D eigenvalue weighted by atomic mass is 16.4. The molecule has 4 nitrogen and oxygen atoms in total. The minimum Gasteiger partial charge on any atom is -0.409 e. The Balaban J connectivity index is 2.70. The molecule has 0 saturated heterocycles. The Hall–Kier alpha value is -1.55. The van der Waals surface area contributed by atoms with Crippen LogP contribution >= 0.6 is 0 Å². The molecule has 0 aliphatic rings. The number of nitrogens with zero attached hydrogens (tertiary/aromatic N) is 2. The Morgan fingerprint density at radius 3 is 2.59 bits per heavy atom. The second-order valence-electron chi connectivity index (χ2n) is 4.31. The summed E-state index contributed by atoms with van der Waals surface area (Å²) < 4.78 is 0. The summed E-state index contributed by atoms with van der Waals surface area (Å²) in [4.78, 5) is 2.12. The summed E-state index contributed by atoms with van der Waals surface area (Å²) in [7, 11) is 0. The second kappa shape index (κ2) is 6.25. The highest BCUT2D eigenvalue weighted by molar-refractivity contribution is 5.81. The monoisotopic (exact) mass is 235 g/mol. The lowest BCUT2D eigenvalue weighted by molar-refractivity contribution is 0.294. The first kappa shape index (κ1) is 13.5. The van der Waals surface area contributed by atoms with Gasteiger partial charge in [-0.2, -0.15) is 0 Å². The molecule has 0 amide bonds. The molecule has 0 fully saturated rings. The number of rotatable bonds is 5. The lowest BCUT2D eigenvalue weighted by Crippen LogP contribution is -2.33. The molecule has 0 bridgehead atoms. The summed E-state index contributed by atoms with van der Waals surface area (Å²) in [5.74, 6) is 0.246. The number of likely N-dealkylation sites (N-methyl/N-ethyl adjacent to an activating group) is 1. The molecule has 1 aromatic carbocycles. The summed E-state index contributed by atoms with van der Waals surface area (Å²) in [6, 6.07) is 6.43. The SMILES string of the molecule is CCN(CC(N)=NO)Cc1ccc(C)c(C)c1. The predicted octanol–water partition coefficient (Wildman–Crippen LogP) is 1.87. The third-order valence-corrected chi connectivity index (χ3v) is 2.94. The van der Waals surface area contributed by atoms with Gasteiger partial charge in [0.1, 0.15) is 0 Å². The molecule has 0 aliphatic heterocycles. The summed E-state index contributed by atoms with van der Waals surface area (Å²) >= 11 is 0. The van der Waals surface area contributed by atoms with E-state index >= 15 is 0 Å². The topological polar surface area (TPSA) is 61.8 Å². The van der Waals surface area contributed by atoms with Crippen molar-refractivity contribution < 1.29 is 5.21 Å². The van der Waals surface area contributed by atoms with Crippen LogP contribution in [0.3, 0.4) is 0 Å². The maximum absolute atomic E-state index is 8.56. The van der Waals surface area contributed by atoms with E-state index in [4.69, 9.17) is 10.9 Å². The number of nitrogens with two attached hydrogens (primary N) is 1. The average molecular weight is 235 g/mol. The summed E-state index contributed by atoms with van der Waals surface area (Å²) in [6.45, 7) is 8.44. The Morgan fingerprint density at radius 2 is 2.06 bits per heavy atom. The van der Waals surface area contributed by atoms with Gasteiger partial charge in [-0.1, -0.05) is 30.3 Å². The maximum atomic E-state index is 8.56. The van der Waals surface area contributed by atoms with Crippen LogP contribution in [0.1, 0.15) is 23.6 Å². The minimum absolute atomic E-state index is 0.246. The zero-order chi connectivity index (χ0) is 12.8. The number of benzene rings is 1. The van der Waals surface area contributed by atoms with Gasteiger partial charge in [0, 0.05) is 6.54 Å². The quantitative estimate of drug-likeness (QED) is 0.354. The molecule has 17 heavy (non-hydrogen) atoms. The van der Waals surface area contributed by atoms with Crippen LogP contribution in [0, 0.1) is 13.8 Å². The van der Waals surface area contributed by atoms with Crippen molar-refractivity contribution >= 4 is 5.84 Å². The molecule has 1 rings (SSSR count). The first-order chi connectivity index (χ1) is 8.06. The fourth-order valence-electron chi connectivity index (χ4n) is 1.70. The van der Waals surface area contributed by atoms with E-state index < -0.39 is 0 Å². The van der Waals surface area contributed by atoms with Gasteiger partial charge in [-0.25, -0.2) is 0 Å². The molecule has 4 heteroatoms. The van der Waals surface area contributed by atoms with Gasteiger partial charge < -0.3 is 10.9 Å². The molecular weight excluding hydrogens is 214 g/mol. The summed E-state index contributed by atoms with van der Waals surface area (Å²) in [5, 5.41) is 11.6.